The third-order valence-corrected chi connectivity index (χ3v) is 6.19. The van der Waals surface area contributed by atoms with E-state index in [4.69, 9.17) is 13.6 Å². The van der Waals surface area contributed by atoms with Crippen molar-refractivity contribution in [3.63, 3.8) is 0 Å². The van der Waals surface area contributed by atoms with E-state index in [9.17, 15) is 24.6 Å². The summed E-state index contributed by atoms with van der Waals surface area (Å²) in [7, 11) is 0. The number of phenols is 2. The van der Waals surface area contributed by atoms with Crippen LogP contribution in [-0.4, -0.2) is 16.2 Å². The molecule has 2 N–H and O–H groups in total. The fourth-order valence-electron chi connectivity index (χ4n) is 4.55. The molecule has 5 aromatic rings. The molecule has 0 bridgehead atoms. The highest BCUT2D eigenvalue weighted by Crippen LogP contribution is 2.51. The fraction of sp³-hybridized carbons (Fsp3) is 0.0741. The molecule has 1 unspecified atom stereocenters. The van der Waals surface area contributed by atoms with E-state index in [2.05, 4.69) is 0 Å². The molecule has 1 atom stereocenters. The van der Waals surface area contributed by atoms with Crippen molar-refractivity contribution in [3.05, 3.63) is 98.5 Å². The van der Waals surface area contributed by atoms with Gasteiger partial charge in [0.15, 0.2) is 22.4 Å². The van der Waals surface area contributed by atoms with Gasteiger partial charge in [-0.05, 0) is 12.1 Å². The van der Waals surface area contributed by atoms with Crippen LogP contribution in [0.15, 0.2) is 85.4 Å². The SMILES string of the molecule is O=C1CC(c2coc3ccccc3c2=O)c2c(c(O)c(O)c3c(=O)cc(-c4ccccc4)oc23)O1. The Balaban J connectivity index is 1.71. The van der Waals surface area contributed by atoms with Crippen LogP contribution in [0.2, 0.25) is 0 Å². The molecule has 0 saturated carbocycles. The number of phenolic OH excluding ortho intramolecular Hbond substituents is 2. The van der Waals surface area contributed by atoms with Crippen molar-refractivity contribution in [1.29, 1.82) is 0 Å². The Labute approximate surface area is 196 Å². The Morgan fingerprint density at radius 2 is 1.63 bits per heavy atom. The lowest BCUT2D eigenvalue weighted by Crippen LogP contribution is -2.25. The van der Waals surface area contributed by atoms with E-state index < -0.39 is 28.8 Å². The molecule has 0 spiro atoms. The third-order valence-electron chi connectivity index (χ3n) is 6.19. The summed E-state index contributed by atoms with van der Waals surface area (Å²) >= 11 is 0. The van der Waals surface area contributed by atoms with Gasteiger partial charge < -0.3 is 23.8 Å². The summed E-state index contributed by atoms with van der Waals surface area (Å²) in [6.45, 7) is 0. The molecule has 0 fully saturated rings. The summed E-state index contributed by atoms with van der Waals surface area (Å²) in [6, 6.07) is 16.7. The van der Waals surface area contributed by atoms with Crippen molar-refractivity contribution in [2.75, 3.05) is 0 Å². The van der Waals surface area contributed by atoms with Gasteiger partial charge in [-0.15, -0.1) is 0 Å². The summed E-state index contributed by atoms with van der Waals surface area (Å²) < 4.78 is 17.0. The second-order valence-electron chi connectivity index (χ2n) is 8.23. The largest absolute Gasteiger partial charge is 0.504 e. The van der Waals surface area contributed by atoms with Gasteiger partial charge in [0, 0.05) is 23.1 Å². The number of aromatic hydroxyl groups is 2. The zero-order valence-corrected chi connectivity index (χ0v) is 18.0. The molecule has 0 radical (unpaired) electrons. The minimum Gasteiger partial charge on any atom is -0.504 e. The predicted molar refractivity (Wildman–Crippen MR) is 126 cm³/mol. The first kappa shape index (κ1) is 20.7. The highest BCUT2D eigenvalue weighted by Gasteiger charge is 2.38. The molecule has 2 aromatic heterocycles. The quantitative estimate of drug-likeness (QED) is 0.221. The van der Waals surface area contributed by atoms with E-state index >= 15 is 0 Å². The Morgan fingerprint density at radius 1 is 0.886 bits per heavy atom. The molecule has 8 nitrogen and oxygen atoms in total. The van der Waals surface area contributed by atoms with E-state index in [1.165, 1.54) is 12.3 Å². The monoisotopic (exact) mass is 468 g/mol. The van der Waals surface area contributed by atoms with E-state index in [0.29, 0.717) is 16.5 Å². The molecule has 3 heterocycles. The smallest absolute Gasteiger partial charge is 0.312 e. The molecule has 0 amide bonds. The van der Waals surface area contributed by atoms with Crippen LogP contribution >= 0.6 is 0 Å². The molecule has 0 saturated heterocycles. The van der Waals surface area contributed by atoms with Crippen molar-refractivity contribution in [1.82, 2.24) is 0 Å². The van der Waals surface area contributed by atoms with Crippen molar-refractivity contribution >= 4 is 27.9 Å². The number of hydrogen-bond acceptors (Lipinski definition) is 8. The standard InChI is InChI=1S/C27H16O8/c28-17-11-19(13-6-2-1-3-7-13)34-26-21-15(10-20(29)35-27(21)25(32)24(31)22(17)26)16-12-33-18-9-5-4-8-14(18)23(16)30/h1-9,11-12,15,31-32H,10H2. The van der Waals surface area contributed by atoms with Crippen molar-refractivity contribution in [3.8, 4) is 28.6 Å². The molecule has 35 heavy (non-hydrogen) atoms. The van der Waals surface area contributed by atoms with Crippen LogP contribution in [0, 0.1) is 0 Å². The van der Waals surface area contributed by atoms with E-state index in [1.807, 2.05) is 6.07 Å². The Hall–Kier alpha value is -4.85. The third kappa shape index (κ3) is 3.11. The summed E-state index contributed by atoms with van der Waals surface area (Å²) in [5, 5.41) is 21.3. The van der Waals surface area contributed by atoms with Gasteiger partial charge in [0.05, 0.1) is 23.6 Å². The summed E-state index contributed by atoms with van der Waals surface area (Å²) in [4.78, 5) is 38.9. The predicted octanol–water partition coefficient (Wildman–Crippen LogP) is 4.42. The number of esters is 1. The Bertz CT molecular complexity index is 1780. The number of hydrogen-bond donors (Lipinski definition) is 2. The molecule has 1 aliphatic heterocycles. The number of para-hydroxylation sites is 1. The highest BCUT2D eigenvalue weighted by atomic mass is 16.5. The fourth-order valence-corrected chi connectivity index (χ4v) is 4.55. The van der Waals surface area contributed by atoms with Crippen LogP contribution in [0.3, 0.4) is 0 Å². The van der Waals surface area contributed by atoms with Crippen molar-refractivity contribution < 1.29 is 28.6 Å². The zero-order chi connectivity index (χ0) is 24.3. The van der Waals surface area contributed by atoms with Gasteiger partial charge in [-0.2, -0.15) is 0 Å². The van der Waals surface area contributed by atoms with Gasteiger partial charge >= 0.3 is 5.97 Å². The zero-order valence-electron chi connectivity index (χ0n) is 18.0. The second-order valence-corrected chi connectivity index (χ2v) is 8.23. The maximum Gasteiger partial charge on any atom is 0.312 e. The van der Waals surface area contributed by atoms with Gasteiger partial charge in [0.2, 0.25) is 5.75 Å². The average molecular weight is 468 g/mol. The normalized spacial score (nSPS) is 15.2. The topological polar surface area (TPSA) is 127 Å². The van der Waals surface area contributed by atoms with E-state index in [1.54, 1.807) is 48.5 Å². The maximum atomic E-state index is 13.4. The lowest BCUT2D eigenvalue weighted by Gasteiger charge is -2.26. The molecule has 8 heteroatoms. The summed E-state index contributed by atoms with van der Waals surface area (Å²) in [6.07, 6.45) is 0.987. The second kappa shape index (κ2) is 7.59. The highest BCUT2D eigenvalue weighted by molar-refractivity contribution is 5.96. The molecular formula is C27H16O8. The summed E-state index contributed by atoms with van der Waals surface area (Å²) in [5.41, 5.74) is 0.125. The number of fused-ring (bicyclic) bond motifs is 4. The molecule has 1 aliphatic rings. The number of ether oxygens (including phenoxy) is 1. The average Bonchev–Trinajstić information content (AvgIpc) is 2.87. The first-order chi connectivity index (χ1) is 16.9. The minimum absolute atomic E-state index is 0.0910. The molecule has 0 aliphatic carbocycles. The van der Waals surface area contributed by atoms with E-state index in [0.717, 1.165) is 0 Å². The molecule has 6 rings (SSSR count). The van der Waals surface area contributed by atoms with Crippen LogP contribution in [0.4, 0.5) is 0 Å². The number of carbonyl (C=O) groups excluding carboxylic acids is 1. The minimum atomic E-state index is -0.963. The lowest BCUT2D eigenvalue weighted by atomic mass is 9.85. The van der Waals surface area contributed by atoms with Crippen LogP contribution in [0.25, 0.3) is 33.3 Å². The lowest BCUT2D eigenvalue weighted by molar-refractivity contribution is -0.135. The Kier molecular flexibility index (Phi) is 4.50. The maximum absolute atomic E-state index is 13.4. The van der Waals surface area contributed by atoms with Gasteiger partial charge in [0.1, 0.15) is 22.3 Å². The van der Waals surface area contributed by atoms with Crippen LogP contribution < -0.4 is 15.6 Å². The van der Waals surface area contributed by atoms with Crippen LogP contribution in [0.1, 0.15) is 23.5 Å². The van der Waals surface area contributed by atoms with Gasteiger partial charge in [-0.3, -0.25) is 14.4 Å². The van der Waals surface area contributed by atoms with Crippen LogP contribution in [0.5, 0.6) is 17.2 Å². The van der Waals surface area contributed by atoms with Crippen molar-refractivity contribution in [2.24, 2.45) is 0 Å². The van der Waals surface area contributed by atoms with Crippen LogP contribution in [-0.2, 0) is 4.79 Å². The first-order valence-electron chi connectivity index (χ1n) is 10.8. The van der Waals surface area contributed by atoms with Crippen molar-refractivity contribution in [2.45, 2.75) is 12.3 Å². The van der Waals surface area contributed by atoms with Gasteiger partial charge in [-0.25, -0.2) is 0 Å². The molecule has 172 valence electrons. The van der Waals surface area contributed by atoms with Gasteiger partial charge in [-0.1, -0.05) is 42.5 Å². The van der Waals surface area contributed by atoms with Gasteiger partial charge in [0.25, 0.3) is 0 Å². The summed E-state index contributed by atoms with van der Waals surface area (Å²) in [5.74, 6) is -3.41. The molecular weight excluding hydrogens is 452 g/mol. The Morgan fingerprint density at radius 3 is 2.43 bits per heavy atom. The molecule has 3 aromatic carbocycles. The number of benzene rings is 3. The number of rotatable bonds is 2. The number of carbonyl (C=O) groups is 1. The first-order valence-corrected chi connectivity index (χ1v) is 10.8. The van der Waals surface area contributed by atoms with E-state index in [-0.39, 0.29) is 45.5 Å².